The quantitative estimate of drug-likeness (QED) is 0.678. The highest BCUT2D eigenvalue weighted by atomic mass is 32.2. The molecule has 0 spiro atoms. The van der Waals surface area contributed by atoms with Crippen molar-refractivity contribution in [2.45, 2.75) is 24.0 Å². The van der Waals surface area contributed by atoms with Crippen LogP contribution in [0, 0.1) is 0 Å². The molecule has 2 heterocycles. The van der Waals surface area contributed by atoms with E-state index in [0.717, 1.165) is 18.4 Å². The summed E-state index contributed by atoms with van der Waals surface area (Å²) in [6.45, 7) is 0. The van der Waals surface area contributed by atoms with Gasteiger partial charge in [-0.2, -0.15) is 0 Å². The van der Waals surface area contributed by atoms with E-state index in [1.54, 1.807) is 17.1 Å². The fraction of sp³-hybridized carbons (Fsp3) is 0.250. The average molecular weight is 353 g/mol. The maximum Gasteiger partial charge on any atom is 0.234 e. The lowest BCUT2D eigenvalue weighted by atomic mass is 10.2. The third kappa shape index (κ3) is 3.82. The zero-order chi connectivity index (χ0) is 17.1. The number of carbonyl (C=O) groups excluding carboxylic acids is 1. The highest BCUT2D eigenvalue weighted by Gasteiger charge is 2.28. The van der Waals surface area contributed by atoms with Gasteiger partial charge >= 0.3 is 0 Å². The van der Waals surface area contributed by atoms with E-state index in [0.29, 0.717) is 22.7 Å². The smallest absolute Gasteiger partial charge is 0.234 e. The second-order valence-electron chi connectivity index (χ2n) is 5.64. The Balaban J connectivity index is 1.34. The van der Waals surface area contributed by atoms with Gasteiger partial charge in [0.15, 0.2) is 5.82 Å². The van der Waals surface area contributed by atoms with Gasteiger partial charge in [0, 0.05) is 5.56 Å². The van der Waals surface area contributed by atoms with Crippen molar-refractivity contribution in [3.8, 4) is 11.4 Å². The van der Waals surface area contributed by atoms with E-state index in [1.807, 2.05) is 30.3 Å². The molecular weight excluding hydrogens is 338 g/mol. The summed E-state index contributed by atoms with van der Waals surface area (Å²) in [6, 6.07) is 10.1. The number of hydrogen-bond donors (Lipinski definition) is 1. The lowest BCUT2D eigenvalue weighted by molar-refractivity contribution is -0.113. The fourth-order valence-corrected chi connectivity index (χ4v) is 3.03. The number of carbonyl (C=O) groups is 1. The van der Waals surface area contributed by atoms with E-state index in [1.165, 1.54) is 11.8 Å². The molecule has 1 fully saturated rings. The standard InChI is InChI=1S/C16H15N7OS/c24-14(10-25-16-20-21-22-23(16)13-6-7-13)19-12-8-17-15(18-9-12)11-4-2-1-3-5-11/h1-5,8-9,13H,6-7,10H2,(H,19,24). The van der Waals surface area contributed by atoms with Crippen LogP contribution in [-0.4, -0.2) is 41.8 Å². The maximum absolute atomic E-state index is 12.1. The Kier molecular flexibility index (Phi) is 4.38. The van der Waals surface area contributed by atoms with Crippen LogP contribution in [-0.2, 0) is 4.79 Å². The number of benzene rings is 1. The summed E-state index contributed by atoms with van der Waals surface area (Å²) in [5, 5.41) is 15.1. The zero-order valence-electron chi connectivity index (χ0n) is 13.2. The molecule has 126 valence electrons. The van der Waals surface area contributed by atoms with Crippen LogP contribution in [0.5, 0.6) is 0 Å². The summed E-state index contributed by atoms with van der Waals surface area (Å²) in [5.74, 6) is 0.705. The number of amides is 1. The molecule has 1 aliphatic rings. The van der Waals surface area contributed by atoms with Gasteiger partial charge in [0.25, 0.3) is 0 Å². The molecule has 3 aromatic rings. The first-order valence-corrected chi connectivity index (χ1v) is 8.86. The van der Waals surface area contributed by atoms with E-state index < -0.39 is 0 Å². The number of thioether (sulfide) groups is 1. The van der Waals surface area contributed by atoms with Crippen LogP contribution in [0.4, 0.5) is 5.69 Å². The molecule has 1 N–H and O–H groups in total. The molecule has 1 saturated carbocycles. The Labute approximate surface area is 148 Å². The van der Waals surface area contributed by atoms with Gasteiger partial charge in [-0.15, -0.1) is 5.10 Å². The summed E-state index contributed by atoms with van der Waals surface area (Å²) >= 11 is 1.32. The Hall–Kier alpha value is -2.81. The molecule has 0 aliphatic heterocycles. The molecule has 0 atom stereocenters. The van der Waals surface area contributed by atoms with Gasteiger partial charge in [0.1, 0.15) is 0 Å². The summed E-state index contributed by atoms with van der Waals surface area (Å²) in [6.07, 6.45) is 5.39. The normalized spacial score (nSPS) is 13.6. The van der Waals surface area contributed by atoms with Crippen molar-refractivity contribution in [2.75, 3.05) is 11.1 Å². The predicted molar refractivity (Wildman–Crippen MR) is 92.9 cm³/mol. The number of aromatic nitrogens is 6. The number of anilines is 1. The molecular formula is C16H15N7OS. The Morgan fingerprint density at radius 2 is 1.96 bits per heavy atom. The molecule has 25 heavy (non-hydrogen) atoms. The minimum absolute atomic E-state index is 0.147. The van der Waals surface area contributed by atoms with Crippen molar-refractivity contribution in [3.05, 3.63) is 42.7 Å². The van der Waals surface area contributed by atoms with Gasteiger partial charge in [-0.3, -0.25) is 4.79 Å². The second kappa shape index (κ2) is 6.98. The van der Waals surface area contributed by atoms with E-state index in [4.69, 9.17) is 0 Å². The van der Waals surface area contributed by atoms with Gasteiger partial charge in [0.05, 0.1) is 29.9 Å². The second-order valence-corrected chi connectivity index (χ2v) is 6.58. The molecule has 1 aliphatic carbocycles. The first-order chi connectivity index (χ1) is 12.3. The van der Waals surface area contributed by atoms with Crippen LogP contribution in [0.2, 0.25) is 0 Å². The predicted octanol–water partition coefficient (Wildman–Crippen LogP) is 2.20. The van der Waals surface area contributed by atoms with Crippen LogP contribution in [0.15, 0.2) is 47.9 Å². The van der Waals surface area contributed by atoms with E-state index >= 15 is 0 Å². The molecule has 4 rings (SSSR count). The van der Waals surface area contributed by atoms with Crippen LogP contribution < -0.4 is 5.32 Å². The summed E-state index contributed by atoms with van der Waals surface area (Å²) < 4.78 is 1.79. The first-order valence-electron chi connectivity index (χ1n) is 7.87. The van der Waals surface area contributed by atoms with Crippen LogP contribution in [0.25, 0.3) is 11.4 Å². The average Bonchev–Trinajstić information content (AvgIpc) is 3.39. The number of hydrogen-bond acceptors (Lipinski definition) is 7. The molecule has 9 heteroatoms. The minimum atomic E-state index is -0.147. The number of nitrogens with zero attached hydrogens (tertiary/aromatic N) is 6. The first kappa shape index (κ1) is 15.7. The summed E-state index contributed by atoms with van der Waals surface area (Å²) in [5.41, 5.74) is 1.50. The number of tetrazole rings is 1. The Bertz CT molecular complexity index is 862. The topological polar surface area (TPSA) is 98.5 Å². The van der Waals surface area contributed by atoms with Gasteiger partial charge < -0.3 is 5.32 Å². The highest BCUT2D eigenvalue weighted by Crippen LogP contribution is 2.36. The lowest BCUT2D eigenvalue weighted by Crippen LogP contribution is -2.15. The zero-order valence-corrected chi connectivity index (χ0v) is 14.1. The number of rotatable bonds is 6. The fourth-order valence-electron chi connectivity index (χ4n) is 2.28. The third-order valence-electron chi connectivity index (χ3n) is 3.66. The van der Waals surface area contributed by atoms with Gasteiger partial charge in [-0.25, -0.2) is 14.6 Å². The van der Waals surface area contributed by atoms with Crippen LogP contribution in [0.1, 0.15) is 18.9 Å². The van der Waals surface area contributed by atoms with Crippen molar-refractivity contribution >= 4 is 23.4 Å². The molecule has 1 aromatic carbocycles. The number of nitrogens with one attached hydrogen (secondary N) is 1. The molecule has 0 bridgehead atoms. The van der Waals surface area contributed by atoms with Gasteiger partial charge in [-0.1, -0.05) is 42.1 Å². The third-order valence-corrected chi connectivity index (χ3v) is 4.59. The van der Waals surface area contributed by atoms with Crippen molar-refractivity contribution < 1.29 is 4.79 Å². The summed E-state index contributed by atoms with van der Waals surface area (Å²) in [4.78, 5) is 20.7. The Morgan fingerprint density at radius 3 is 2.68 bits per heavy atom. The van der Waals surface area contributed by atoms with E-state index in [-0.39, 0.29) is 11.7 Å². The largest absolute Gasteiger partial charge is 0.323 e. The summed E-state index contributed by atoms with van der Waals surface area (Å²) in [7, 11) is 0. The maximum atomic E-state index is 12.1. The highest BCUT2D eigenvalue weighted by molar-refractivity contribution is 7.99. The molecule has 1 amide bonds. The molecule has 0 radical (unpaired) electrons. The van der Waals surface area contributed by atoms with Crippen molar-refractivity contribution in [2.24, 2.45) is 0 Å². The lowest BCUT2D eigenvalue weighted by Gasteiger charge is -2.05. The van der Waals surface area contributed by atoms with Crippen LogP contribution >= 0.6 is 11.8 Å². The molecule has 8 nitrogen and oxygen atoms in total. The van der Waals surface area contributed by atoms with Crippen molar-refractivity contribution in [1.82, 2.24) is 30.2 Å². The Morgan fingerprint density at radius 1 is 1.20 bits per heavy atom. The monoisotopic (exact) mass is 353 g/mol. The van der Waals surface area contributed by atoms with Gasteiger partial charge in [-0.05, 0) is 23.3 Å². The SMILES string of the molecule is O=C(CSc1nnnn1C1CC1)Nc1cnc(-c2ccccc2)nc1. The van der Waals surface area contributed by atoms with E-state index in [9.17, 15) is 4.79 Å². The van der Waals surface area contributed by atoms with Crippen molar-refractivity contribution in [3.63, 3.8) is 0 Å². The molecule has 0 saturated heterocycles. The van der Waals surface area contributed by atoms with Gasteiger partial charge in [0.2, 0.25) is 11.1 Å². The molecule has 0 unspecified atom stereocenters. The van der Waals surface area contributed by atoms with Crippen LogP contribution in [0.3, 0.4) is 0 Å². The van der Waals surface area contributed by atoms with E-state index in [2.05, 4.69) is 30.8 Å². The molecule has 2 aromatic heterocycles. The minimum Gasteiger partial charge on any atom is -0.323 e. The van der Waals surface area contributed by atoms with Crippen molar-refractivity contribution in [1.29, 1.82) is 0 Å².